The summed E-state index contributed by atoms with van der Waals surface area (Å²) in [6, 6.07) is 1.88. The summed E-state index contributed by atoms with van der Waals surface area (Å²) in [6.45, 7) is 0.445. The molecule has 3 nitrogen and oxygen atoms in total. The molecule has 0 bridgehead atoms. The Bertz CT molecular complexity index is 671. The summed E-state index contributed by atoms with van der Waals surface area (Å²) in [7, 11) is 0. The molecule has 0 fully saturated rings. The highest BCUT2D eigenvalue weighted by atomic mass is 35.5. The second kappa shape index (κ2) is 4.08. The SMILES string of the molecule is O=C1C2=NCC(Cl)c3ccnc(c32)C2SC(Cl)=CC12. The monoisotopic (exact) mass is 310 g/mol. The Kier molecular flexibility index (Phi) is 2.56. The van der Waals surface area contributed by atoms with Crippen molar-refractivity contribution in [2.24, 2.45) is 10.9 Å². The molecule has 1 aromatic rings. The number of hydrogen-bond acceptors (Lipinski definition) is 4. The minimum atomic E-state index is -0.238. The van der Waals surface area contributed by atoms with Gasteiger partial charge in [0.2, 0.25) is 0 Å². The minimum absolute atomic E-state index is 0.0316. The Morgan fingerprint density at radius 2 is 2.26 bits per heavy atom. The molecule has 1 aromatic heterocycles. The first-order chi connectivity index (χ1) is 9.16. The van der Waals surface area contributed by atoms with Crippen LogP contribution in [0.1, 0.15) is 27.4 Å². The van der Waals surface area contributed by atoms with Gasteiger partial charge in [-0.1, -0.05) is 11.6 Å². The van der Waals surface area contributed by atoms with Crippen LogP contribution >= 0.6 is 35.0 Å². The zero-order valence-electron chi connectivity index (χ0n) is 9.64. The molecule has 4 rings (SSSR count). The quantitative estimate of drug-likeness (QED) is 0.691. The van der Waals surface area contributed by atoms with E-state index in [1.807, 2.05) is 12.1 Å². The van der Waals surface area contributed by atoms with Crippen molar-refractivity contribution in [1.29, 1.82) is 0 Å². The molecular weight excluding hydrogens is 303 g/mol. The summed E-state index contributed by atoms with van der Waals surface area (Å²) >= 11 is 13.9. The van der Waals surface area contributed by atoms with Crippen molar-refractivity contribution in [3.63, 3.8) is 0 Å². The van der Waals surface area contributed by atoms with Gasteiger partial charge in [0.25, 0.3) is 0 Å². The molecule has 3 atom stereocenters. The van der Waals surface area contributed by atoms with Crippen molar-refractivity contribution in [2.75, 3.05) is 6.54 Å². The van der Waals surface area contributed by atoms with Crippen LogP contribution in [0.15, 0.2) is 27.7 Å². The second-order valence-corrected chi connectivity index (χ2v) is 7.06. The molecule has 96 valence electrons. The third-order valence-electron chi connectivity index (χ3n) is 3.68. The molecule has 0 radical (unpaired) electrons. The molecule has 3 unspecified atom stereocenters. The summed E-state index contributed by atoms with van der Waals surface area (Å²) < 4.78 is 0.657. The van der Waals surface area contributed by atoms with Crippen molar-refractivity contribution >= 4 is 46.5 Å². The Hall–Kier alpha value is -0.840. The molecule has 0 saturated carbocycles. The van der Waals surface area contributed by atoms with E-state index < -0.39 is 0 Å². The maximum absolute atomic E-state index is 12.5. The largest absolute Gasteiger partial charge is 0.292 e. The van der Waals surface area contributed by atoms with E-state index in [4.69, 9.17) is 23.2 Å². The summed E-state index contributed by atoms with van der Waals surface area (Å²) in [6.07, 6.45) is 3.57. The van der Waals surface area contributed by atoms with Gasteiger partial charge in [-0.15, -0.1) is 23.4 Å². The molecule has 3 aliphatic rings. The maximum Gasteiger partial charge on any atom is 0.189 e. The van der Waals surface area contributed by atoms with Gasteiger partial charge in [-0.2, -0.15) is 0 Å². The molecule has 0 amide bonds. The molecule has 0 saturated heterocycles. The van der Waals surface area contributed by atoms with E-state index in [2.05, 4.69) is 9.98 Å². The Balaban J connectivity index is 2.00. The number of rotatable bonds is 0. The lowest BCUT2D eigenvalue weighted by Crippen LogP contribution is -2.36. The molecule has 0 aromatic carbocycles. The van der Waals surface area contributed by atoms with E-state index in [9.17, 15) is 4.79 Å². The number of nitrogens with zero attached hydrogens (tertiary/aromatic N) is 2. The number of allylic oxidation sites excluding steroid dienone is 1. The predicted molar refractivity (Wildman–Crippen MR) is 77.0 cm³/mol. The number of fused-ring (bicyclic) bond motifs is 2. The van der Waals surface area contributed by atoms with Gasteiger partial charge in [-0.3, -0.25) is 14.8 Å². The van der Waals surface area contributed by atoms with Crippen molar-refractivity contribution in [3.05, 3.63) is 39.5 Å². The average Bonchev–Trinajstić information content (AvgIpc) is 2.80. The fourth-order valence-corrected chi connectivity index (χ4v) is 4.62. The first-order valence-corrected chi connectivity index (χ1v) is 7.62. The van der Waals surface area contributed by atoms with Crippen molar-refractivity contribution in [1.82, 2.24) is 4.98 Å². The first-order valence-electron chi connectivity index (χ1n) is 5.92. The number of carbonyl (C=O) groups excluding carboxylic acids is 1. The van der Waals surface area contributed by atoms with Crippen LogP contribution in [-0.4, -0.2) is 23.0 Å². The van der Waals surface area contributed by atoms with Gasteiger partial charge in [0, 0.05) is 11.8 Å². The number of Topliss-reactive ketones (excluding diaryl/α,β-unsaturated/α-hetero) is 1. The van der Waals surface area contributed by atoms with E-state index in [-0.39, 0.29) is 22.3 Å². The second-order valence-electron chi connectivity index (χ2n) is 4.72. The Morgan fingerprint density at radius 1 is 1.42 bits per heavy atom. The number of ketones is 1. The number of pyridine rings is 1. The number of aliphatic imine (C=N–C) groups is 1. The van der Waals surface area contributed by atoms with Crippen LogP contribution in [0.2, 0.25) is 0 Å². The van der Waals surface area contributed by atoms with Gasteiger partial charge in [0.1, 0.15) is 5.71 Å². The molecule has 2 aliphatic heterocycles. The highest BCUT2D eigenvalue weighted by molar-refractivity contribution is 8.05. The summed E-state index contributed by atoms with van der Waals surface area (Å²) in [5.41, 5.74) is 3.22. The molecule has 19 heavy (non-hydrogen) atoms. The number of alkyl halides is 1. The van der Waals surface area contributed by atoms with Crippen molar-refractivity contribution in [2.45, 2.75) is 10.6 Å². The van der Waals surface area contributed by atoms with E-state index in [1.54, 1.807) is 6.20 Å². The van der Waals surface area contributed by atoms with Crippen molar-refractivity contribution in [3.8, 4) is 0 Å². The summed E-state index contributed by atoms with van der Waals surface area (Å²) in [4.78, 5) is 21.3. The van der Waals surface area contributed by atoms with Crippen LogP contribution in [0.3, 0.4) is 0 Å². The zero-order valence-corrected chi connectivity index (χ0v) is 12.0. The standard InChI is InChI=1S/C13H8Cl2N2OS/c14-7-4-17-10-9-5(7)1-2-16-11(9)13-6(12(10)18)3-8(15)19-13/h1-3,6-7,13H,4H2. The highest BCUT2D eigenvalue weighted by Gasteiger charge is 2.46. The molecule has 1 aliphatic carbocycles. The molecule has 3 heterocycles. The minimum Gasteiger partial charge on any atom is -0.292 e. The van der Waals surface area contributed by atoms with Crippen LogP contribution in [0.25, 0.3) is 0 Å². The first kappa shape index (κ1) is 11.9. The van der Waals surface area contributed by atoms with Gasteiger partial charge >= 0.3 is 0 Å². The van der Waals surface area contributed by atoms with Crippen molar-refractivity contribution < 1.29 is 4.79 Å². The third kappa shape index (κ3) is 1.57. The number of thioether (sulfide) groups is 1. The Labute approximate surface area is 124 Å². The average molecular weight is 311 g/mol. The van der Waals surface area contributed by atoms with Gasteiger partial charge in [-0.25, -0.2) is 0 Å². The topological polar surface area (TPSA) is 42.3 Å². The lowest BCUT2D eigenvalue weighted by Gasteiger charge is -2.31. The maximum atomic E-state index is 12.5. The van der Waals surface area contributed by atoms with E-state index >= 15 is 0 Å². The lowest BCUT2D eigenvalue weighted by molar-refractivity contribution is -0.115. The van der Waals surface area contributed by atoms with Gasteiger partial charge in [0.15, 0.2) is 5.78 Å². The molecule has 0 spiro atoms. The zero-order chi connectivity index (χ0) is 13.1. The van der Waals surface area contributed by atoms with Crippen LogP contribution < -0.4 is 0 Å². The fraction of sp³-hybridized carbons (Fsp3) is 0.308. The third-order valence-corrected chi connectivity index (χ3v) is 5.58. The van der Waals surface area contributed by atoms with Crippen LogP contribution in [0.5, 0.6) is 0 Å². The summed E-state index contributed by atoms with van der Waals surface area (Å²) in [5, 5.41) is -0.212. The Morgan fingerprint density at radius 3 is 3.11 bits per heavy atom. The number of aromatic nitrogens is 1. The number of carbonyl (C=O) groups is 1. The normalized spacial score (nSPS) is 31.5. The highest BCUT2D eigenvalue weighted by Crippen LogP contribution is 2.53. The molecule has 6 heteroatoms. The van der Waals surface area contributed by atoms with E-state index in [0.717, 1.165) is 16.8 Å². The van der Waals surface area contributed by atoms with E-state index in [1.165, 1.54) is 11.8 Å². The van der Waals surface area contributed by atoms with Crippen LogP contribution in [0.4, 0.5) is 0 Å². The smallest absolute Gasteiger partial charge is 0.189 e. The van der Waals surface area contributed by atoms with Gasteiger partial charge in [-0.05, 0) is 17.7 Å². The van der Waals surface area contributed by atoms with Gasteiger partial charge in [0.05, 0.1) is 33.1 Å². The molecule has 0 N–H and O–H groups in total. The van der Waals surface area contributed by atoms with Crippen LogP contribution in [-0.2, 0) is 4.79 Å². The van der Waals surface area contributed by atoms with Crippen LogP contribution in [0, 0.1) is 5.92 Å². The molecular formula is C13H8Cl2N2OS. The van der Waals surface area contributed by atoms with E-state index in [0.29, 0.717) is 16.6 Å². The summed E-state index contributed by atoms with van der Waals surface area (Å²) in [5.74, 6) is -0.197. The van der Waals surface area contributed by atoms with Gasteiger partial charge < -0.3 is 0 Å². The number of halogens is 2. The lowest BCUT2D eigenvalue weighted by atomic mass is 9.80. The fourth-order valence-electron chi connectivity index (χ4n) is 2.84. The predicted octanol–water partition coefficient (Wildman–Crippen LogP) is 3.23. The number of hydrogen-bond donors (Lipinski definition) is 0.